The van der Waals surface area contributed by atoms with Crippen LogP contribution in [-0.4, -0.2) is 24.3 Å². The maximum atomic E-state index is 10.1. The van der Waals surface area contributed by atoms with E-state index in [9.17, 15) is 4.79 Å². The van der Waals surface area contributed by atoms with Crippen LogP contribution in [-0.2, 0) is 9.53 Å². The van der Waals surface area contributed by atoms with Crippen LogP contribution in [0.25, 0.3) is 0 Å². The highest BCUT2D eigenvalue weighted by atomic mass is 16.5. The van der Waals surface area contributed by atoms with Gasteiger partial charge in [0.2, 0.25) is 0 Å². The quantitative estimate of drug-likeness (QED) is 0.433. The Bertz CT molecular complexity index is 208. The van der Waals surface area contributed by atoms with E-state index in [-0.39, 0.29) is 6.61 Å². The topological polar surface area (TPSA) is 46.5 Å². The average Bonchev–Trinajstić information content (AvgIpc) is 2.30. The molecule has 0 bridgehead atoms. The average molecular weight is 272 g/mol. The van der Waals surface area contributed by atoms with Gasteiger partial charge in [-0.05, 0) is 20.3 Å². The van der Waals surface area contributed by atoms with Crippen LogP contribution in [0.1, 0.15) is 72.1 Å². The molecule has 3 nitrogen and oxygen atoms in total. The lowest BCUT2D eigenvalue weighted by Crippen LogP contribution is -2.07. The fourth-order valence-electron chi connectivity index (χ4n) is 1.50. The van der Waals surface area contributed by atoms with Gasteiger partial charge in [0.1, 0.15) is 6.61 Å². The molecule has 0 spiro atoms. The predicted octanol–water partition coefficient (Wildman–Crippen LogP) is 4.81. The number of unbranched alkanes of at least 4 members (excludes halogenated alkanes) is 7. The standard InChI is InChI=1S/C12H24O3.C4H8/c1-2-3-4-5-6-7-8-9-10-15-11-12(13)14;1-4(2)3/h2-11H2,1H3,(H,13,14);1H2,2-3H3. The molecule has 0 amide bonds. The second-order valence-corrected chi connectivity index (χ2v) is 5.13. The molecule has 0 radical (unpaired) electrons. The van der Waals surface area contributed by atoms with Crippen molar-refractivity contribution < 1.29 is 14.6 Å². The Balaban J connectivity index is 0. The van der Waals surface area contributed by atoms with Crippen molar-refractivity contribution in [3.05, 3.63) is 12.2 Å². The number of carboxylic acid groups (broad SMARTS) is 1. The Hall–Kier alpha value is -0.830. The molecule has 0 saturated heterocycles. The Morgan fingerprint density at radius 3 is 1.84 bits per heavy atom. The molecule has 0 aliphatic carbocycles. The van der Waals surface area contributed by atoms with Crippen LogP contribution in [0, 0.1) is 0 Å². The molecule has 0 rings (SSSR count). The second kappa shape index (κ2) is 17.2. The number of hydrogen-bond acceptors (Lipinski definition) is 2. The van der Waals surface area contributed by atoms with Crippen molar-refractivity contribution in [1.29, 1.82) is 0 Å². The van der Waals surface area contributed by atoms with E-state index in [1.165, 1.54) is 44.1 Å². The van der Waals surface area contributed by atoms with E-state index < -0.39 is 5.97 Å². The van der Waals surface area contributed by atoms with Gasteiger partial charge in [-0.15, -0.1) is 6.58 Å². The third kappa shape index (κ3) is 31.7. The zero-order valence-electron chi connectivity index (χ0n) is 13.0. The van der Waals surface area contributed by atoms with E-state index >= 15 is 0 Å². The monoisotopic (exact) mass is 272 g/mol. The molecule has 3 heteroatoms. The first-order valence-electron chi connectivity index (χ1n) is 7.42. The maximum Gasteiger partial charge on any atom is 0.329 e. The molecule has 0 atom stereocenters. The molecule has 1 N–H and O–H groups in total. The van der Waals surface area contributed by atoms with Gasteiger partial charge in [0.15, 0.2) is 0 Å². The zero-order valence-corrected chi connectivity index (χ0v) is 13.0. The highest BCUT2D eigenvalue weighted by Gasteiger charge is 1.95. The molecule has 0 fully saturated rings. The summed E-state index contributed by atoms with van der Waals surface area (Å²) in [5, 5.41) is 8.31. The van der Waals surface area contributed by atoms with E-state index in [4.69, 9.17) is 9.84 Å². The van der Waals surface area contributed by atoms with Gasteiger partial charge >= 0.3 is 5.97 Å². The Kier molecular flexibility index (Phi) is 18.5. The molecular weight excluding hydrogens is 240 g/mol. The fourth-order valence-corrected chi connectivity index (χ4v) is 1.50. The fraction of sp³-hybridized carbons (Fsp3) is 0.812. The molecule has 0 unspecified atom stereocenters. The number of hydrogen-bond donors (Lipinski definition) is 1. The summed E-state index contributed by atoms with van der Waals surface area (Å²) in [5.74, 6) is -0.880. The normalized spacial score (nSPS) is 9.63. The van der Waals surface area contributed by atoms with Gasteiger partial charge in [-0.2, -0.15) is 0 Å². The van der Waals surface area contributed by atoms with Crippen LogP contribution in [0.5, 0.6) is 0 Å². The highest BCUT2D eigenvalue weighted by molar-refractivity contribution is 5.67. The van der Waals surface area contributed by atoms with Gasteiger partial charge in [-0.3, -0.25) is 0 Å². The number of carboxylic acids is 1. The SMILES string of the molecule is C=C(C)C.CCCCCCCCCCOCC(=O)O. The van der Waals surface area contributed by atoms with Gasteiger partial charge in [-0.1, -0.05) is 57.4 Å². The van der Waals surface area contributed by atoms with Crippen LogP contribution in [0.3, 0.4) is 0 Å². The van der Waals surface area contributed by atoms with Crippen molar-refractivity contribution in [2.75, 3.05) is 13.2 Å². The number of aliphatic carboxylic acids is 1. The van der Waals surface area contributed by atoms with Crippen molar-refractivity contribution in [1.82, 2.24) is 0 Å². The molecule has 0 saturated carbocycles. The lowest BCUT2D eigenvalue weighted by atomic mass is 10.1. The molecule has 0 aliphatic heterocycles. The van der Waals surface area contributed by atoms with Gasteiger partial charge in [0.05, 0.1) is 0 Å². The minimum absolute atomic E-state index is 0.156. The smallest absolute Gasteiger partial charge is 0.329 e. The second-order valence-electron chi connectivity index (χ2n) is 5.13. The Morgan fingerprint density at radius 2 is 1.42 bits per heavy atom. The van der Waals surface area contributed by atoms with Crippen LogP contribution < -0.4 is 0 Å². The minimum Gasteiger partial charge on any atom is -0.480 e. The van der Waals surface area contributed by atoms with Crippen LogP contribution in [0.2, 0.25) is 0 Å². The van der Waals surface area contributed by atoms with Gasteiger partial charge in [0.25, 0.3) is 0 Å². The minimum atomic E-state index is -0.880. The van der Waals surface area contributed by atoms with Gasteiger partial charge in [0, 0.05) is 6.61 Å². The number of rotatable bonds is 11. The summed E-state index contributed by atoms with van der Waals surface area (Å²) in [4.78, 5) is 10.1. The number of ether oxygens (including phenoxy) is 1. The predicted molar refractivity (Wildman–Crippen MR) is 81.6 cm³/mol. The lowest BCUT2D eigenvalue weighted by molar-refractivity contribution is -0.142. The van der Waals surface area contributed by atoms with E-state index in [1.807, 2.05) is 13.8 Å². The molecular formula is C16H32O3. The largest absolute Gasteiger partial charge is 0.480 e. The van der Waals surface area contributed by atoms with Crippen LogP contribution in [0.4, 0.5) is 0 Å². The first-order chi connectivity index (χ1) is 9.00. The summed E-state index contributed by atoms with van der Waals surface area (Å²) in [6, 6.07) is 0. The summed E-state index contributed by atoms with van der Waals surface area (Å²) in [5.41, 5.74) is 1.17. The summed E-state index contributed by atoms with van der Waals surface area (Å²) in [6.07, 6.45) is 10.0. The van der Waals surface area contributed by atoms with Gasteiger partial charge in [-0.25, -0.2) is 4.79 Å². The zero-order chi connectivity index (χ0) is 14.9. The third-order valence-corrected chi connectivity index (χ3v) is 2.37. The van der Waals surface area contributed by atoms with Crippen molar-refractivity contribution >= 4 is 5.97 Å². The van der Waals surface area contributed by atoms with Crippen LogP contribution >= 0.6 is 0 Å². The number of allylic oxidation sites excluding steroid dienone is 1. The third-order valence-electron chi connectivity index (χ3n) is 2.37. The van der Waals surface area contributed by atoms with Crippen molar-refractivity contribution in [3.8, 4) is 0 Å². The van der Waals surface area contributed by atoms with E-state index in [1.54, 1.807) is 0 Å². The lowest BCUT2D eigenvalue weighted by Gasteiger charge is -2.02. The molecule has 0 aromatic heterocycles. The van der Waals surface area contributed by atoms with Crippen LogP contribution in [0.15, 0.2) is 12.2 Å². The molecule has 0 heterocycles. The first-order valence-corrected chi connectivity index (χ1v) is 7.42. The van der Waals surface area contributed by atoms with Gasteiger partial charge < -0.3 is 9.84 Å². The van der Waals surface area contributed by atoms with E-state index in [0.717, 1.165) is 12.8 Å². The number of carbonyl (C=O) groups is 1. The summed E-state index contributed by atoms with van der Waals surface area (Å²) >= 11 is 0. The molecule has 0 aromatic carbocycles. The highest BCUT2D eigenvalue weighted by Crippen LogP contribution is 2.08. The van der Waals surface area contributed by atoms with Crippen molar-refractivity contribution in [2.45, 2.75) is 72.1 Å². The Labute approximate surface area is 119 Å². The molecule has 19 heavy (non-hydrogen) atoms. The van der Waals surface area contributed by atoms with Crippen molar-refractivity contribution in [2.24, 2.45) is 0 Å². The van der Waals surface area contributed by atoms with Crippen molar-refractivity contribution in [3.63, 3.8) is 0 Å². The van der Waals surface area contributed by atoms with E-state index in [0.29, 0.717) is 6.61 Å². The Morgan fingerprint density at radius 1 is 1.00 bits per heavy atom. The molecule has 0 aromatic rings. The first kappa shape index (κ1) is 20.5. The summed E-state index contributed by atoms with van der Waals surface area (Å²) in [7, 11) is 0. The summed E-state index contributed by atoms with van der Waals surface area (Å²) in [6.45, 7) is 10.2. The maximum absolute atomic E-state index is 10.1. The molecule has 114 valence electrons. The molecule has 0 aliphatic rings. The summed E-state index contributed by atoms with van der Waals surface area (Å²) < 4.78 is 4.94. The van der Waals surface area contributed by atoms with E-state index in [2.05, 4.69) is 13.5 Å².